The number of carbonyl (C=O) groups excluding carboxylic acids is 3. The number of aromatic nitrogens is 1. The number of benzene rings is 3. The van der Waals surface area contributed by atoms with E-state index < -0.39 is 17.8 Å². The van der Waals surface area contributed by atoms with Crippen molar-refractivity contribution >= 4 is 57.6 Å². The number of hydrogen-bond acceptors (Lipinski definition) is 5. The van der Waals surface area contributed by atoms with E-state index in [1.807, 2.05) is 6.07 Å². The molecular formula is C26H16Cl2N2O4. The third-order valence-electron chi connectivity index (χ3n) is 5.62. The summed E-state index contributed by atoms with van der Waals surface area (Å²) in [6.45, 7) is 1.65. The lowest BCUT2D eigenvalue weighted by molar-refractivity contribution is 0.0472. The highest BCUT2D eigenvalue weighted by Gasteiger charge is 2.40. The smallest absolute Gasteiger partial charge is 0.338 e. The zero-order chi connectivity index (χ0) is 24.0. The lowest BCUT2D eigenvalue weighted by atomic mass is 10.0. The number of halogens is 2. The van der Waals surface area contributed by atoms with Gasteiger partial charge >= 0.3 is 5.97 Å². The lowest BCUT2D eigenvalue weighted by Crippen LogP contribution is -2.29. The number of amides is 2. The van der Waals surface area contributed by atoms with Crippen molar-refractivity contribution in [3.8, 4) is 0 Å². The van der Waals surface area contributed by atoms with Crippen LogP contribution in [-0.4, -0.2) is 22.8 Å². The zero-order valence-electron chi connectivity index (χ0n) is 17.8. The largest absolute Gasteiger partial charge is 0.457 e. The number of pyridine rings is 1. The van der Waals surface area contributed by atoms with Gasteiger partial charge in [-0.1, -0.05) is 53.5 Å². The van der Waals surface area contributed by atoms with E-state index in [0.29, 0.717) is 37.8 Å². The van der Waals surface area contributed by atoms with Gasteiger partial charge in [-0.15, -0.1) is 0 Å². The second-order valence-corrected chi connectivity index (χ2v) is 8.62. The Balaban J connectivity index is 1.44. The monoisotopic (exact) mass is 490 g/mol. The Morgan fingerprint density at radius 2 is 1.71 bits per heavy atom. The average molecular weight is 491 g/mol. The molecule has 1 aliphatic heterocycles. The molecule has 0 bridgehead atoms. The van der Waals surface area contributed by atoms with Crippen LogP contribution < -0.4 is 4.90 Å². The molecule has 0 saturated heterocycles. The van der Waals surface area contributed by atoms with E-state index in [1.165, 1.54) is 6.07 Å². The maximum absolute atomic E-state index is 13.4. The van der Waals surface area contributed by atoms with Crippen LogP contribution in [0.3, 0.4) is 0 Å². The summed E-state index contributed by atoms with van der Waals surface area (Å²) in [7, 11) is 0. The van der Waals surface area contributed by atoms with Crippen LogP contribution in [0.1, 0.15) is 42.3 Å². The van der Waals surface area contributed by atoms with Crippen LogP contribution in [0.2, 0.25) is 10.0 Å². The van der Waals surface area contributed by atoms with Gasteiger partial charge in [0.25, 0.3) is 11.8 Å². The van der Waals surface area contributed by atoms with E-state index >= 15 is 0 Å². The Bertz CT molecular complexity index is 1520. The van der Waals surface area contributed by atoms with Crippen LogP contribution in [0.15, 0.2) is 66.7 Å². The summed E-state index contributed by atoms with van der Waals surface area (Å²) in [5.74, 6) is -1.55. The van der Waals surface area contributed by atoms with Crippen molar-refractivity contribution in [2.45, 2.75) is 13.5 Å². The first-order valence-corrected chi connectivity index (χ1v) is 11.1. The van der Waals surface area contributed by atoms with Gasteiger partial charge in [-0.2, -0.15) is 0 Å². The molecule has 34 heavy (non-hydrogen) atoms. The van der Waals surface area contributed by atoms with E-state index in [9.17, 15) is 14.4 Å². The second-order valence-electron chi connectivity index (χ2n) is 7.77. The Morgan fingerprint density at radius 1 is 0.941 bits per heavy atom. The fourth-order valence-electron chi connectivity index (χ4n) is 4.01. The highest BCUT2D eigenvalue weighted by molar-refractivity contribution is 6.38. The van der Waals surface area contributed by atoms with Gasteiger partial charge in [0.05, 0.1) is 33.6 Å². The van der Waals surface area contributed by atoms with E-state index in [4.69, 9.17) is 27.9 Å². The quantitative estimate of drug-likeness (QED) is 0.258. The van der Waals surface area contributed by atoms with Crippen LogP contribution in [0.4, 0.5) is 5.69 Å². The molecule has 8 heteroatoms. The standard InChI is InChI=1S/C26H16Cl2N2O4/c1-14-22-23(19-7-2-3-8-21(19)29-14)25(32)30(24(22)31)18-6-4-5-15(11-18)26(33)34-13-16-9-10-17(27)12-20(16)28/h2-12H,13H2,1H3. The molecule has 0 radical (unpaired) electrons. The van der Waals surface area contributed by atoms with Gasteiger partial charge in [-0.25, -0.2) is 9.69 Å². The molecule has 2 heterocycles. The first kappa shape index (κ1) is 22.1. The summed E-state index contributed by atoms with van der Waals surface area (Å²) in [5, 5.41) is 1.47. The third kappa shape index (κ3) is 3.71. The molecule has 168 valence electrons. The van der Waals surface area contributed by atoms with Gasteiger partial charge < -0.3 is 4.74 Å². The van der Waals surface area contributed by atoms with Gasteiger partial charge in [0.2, 0.25) is 0 Å². The van der Waals surface area contributed by atoms with Gasteiger partial charge in [-0.3, -0.25) is 14.6 Å². The minimum absolute atomic E-state index is 0.0526. The molecule has 3 aromatic carbocycles. The topological polar surface area (TPSA) is 76.6 Å². The van der Waals surface area contributed by atoms with Crippen LogP contribution in [0, 0.1) is 6.92 Å². The van der Waals surface area contributed by atoms with Crippen molar-refractivity contribution in [1.29, 1.82) is 0 Å². The van der Waals surface area contributed by atoms with Crippen molar-refractivity contribution in [1.82, 2.24) is 4.98 Å². The summed E-state index contributed by atoms with van der Waals surface area (Å²) in [6.07, 6.45) is 0. The van der Waals surface area contributed by atoms with Crippen molar-refractivity contribution in [3.05, 3.63) is 105 Å². The number of carbonyl (C=O) groups is 3. The Labute approximate surface area is 204 Å². The Morgan fingerprint density at radius 3 is 2.50 bits per heavy atom. The maximum Gasteiger partial charge on any atom is 0.338 e. The lowest BCUT2D eigenvalue weighted by Gasteiger charge is -2.15. The minimum atomic E-state index is -0.618. The SMILES string of the molecule is Cc1nc2ccccc2c2c1C(=O)N(c1cccc(C(=O)OCc3ccc(Cl)cc3Cl)c1)C2=O. The van der Waals surface area contributed by atoms with Crippen molar-refractivity contribution in [2.75, 3.05) is 4.90 Å². The minimum Gasteiger partial charge on any atom is -0.457 e. The molecule has 1 aromatic heterocycles. The molecule has 1 aliphatic rings. The molecule has 0 atom stereocenters. The number of aryl methyl sites for hydroxylation is 1. The molecule has 0 spiro atoms. The number of anilines is 1. The van der Waals surface area contributed by atoms with Crippen LogP contribution >= 0.6 is 23.2 Å². The highest BCUT2D eigenvalue weighted by atomic mass is 35.5. The molecule has 5 rings (SSSR count). The Kier molecular flexibility index (Phi) is 5.55. The number of ether oxygens (including phenoxy) is 1. The molecule has 4 aromatic rings. The van der Waals surface area contributed by atoms with Crippen molar-refractivity contribution in [2.24, 2.45) is 0 Å². The van der Waals surface area contributed by atoms with Crippen LogP contribution in [0.25, 0.3) is 10.9 Å². The summed E-state index contributed by atoms with van der Waals surface area (Å²) >= 11 is 12.0. The molecule has 0 unspecified atom stereocenters. The van der Waals surface area contributed by atoms with Gasteiger partial charge in [0, 0.05) is 21.0 Å². The predicted octanol–water partition coefficient (Wildman–Crippen LogP) is 6.01. The number of imide groups is 1. The third-order valence-corrected chi connectivity index (χ3v) is 6.21. The number of hydrogen-bond donors (Lipinski definition) is 0. The molecule has 0 aliphatic carbocycles. The molecule has 2 amide bonds. The molecule has 0 N–H and O–H groups in total. The molecular weight excluding hydrogens is 475 g/mol. The number of para-hydroxylation sites is 1. The zero-order valence-corrected chi connectivity index (χ0v) is 19.4. The highest BCUT2D eigenvalue weighted by Crippen LogP contribution is 2.34. The fraction of sp³-hybridized carbons (Fsp3) is 0.0769. The average Bonchev–Trinajstić information content (AvgIpc) is 3.09. The number of esters is 1. The van der Waals surface area contributed by atoms with E-state index in [-0.39, 0.29) is 23.4 Å². The van der Waals surface area contributed by atoms with Gasteiger partial charge in [0.15, 0.2) is 0 Å². The summed E-state index contributed by atoms with van der Waals surface area (Å²) in [5.41, 5.74) is 2.77. The number of rotatable bonds is 4. The fourth-order valence-corrected chi connectivity index (χ4v) is 4.47. The molecule has 6 nitrogen and oxygen atoms in total. The normalized spacial score (nSPS) is 12.9. The van der Waals surface area contributed by atoms with E-state index in [1.54, 1.807) is 61.5 Å². The van der Waals surface area contributed by atoms with Gasteiger partial charge in [-0.05, 0) is 43.3 Å². The maximum atomic E-state index is 13.4. The predicted molar refractivity (Wildman–Crippen MR) is 130 cm³/mol. The first-order chi connectivity index (χ1) is 16.3. The number of fused-ring (bicyclic) bond motifs is 3. The number of nitrogens with zero attached hydrogens (tertiary/aromatic N) is 2. The van der Waals surface area contributed by atoms with Crippen LogP contribution in [-0.2, 0) is 11.3 Å². The Hall–Kier alpha value is -3.74. The van der Waals surface area contributed by atoms with Gasteiger partial charge in [0.1, 0.15) is 6.61 Å². The van der Waals surface area contributed by atoms with Crippen molar-refractivity contribution < 1.29 is 19.1 Å². The first-order valence-electron chi connectivity index (χ1n) is 10.3. The molecule has 0 fully saturated rings. The summed E-state index contributed by atoms with van der Waals surface area (Å²) in [6, 6.07) is 18.3. The summed E-state index contributed by atoms with van der Waals surface area (Å²) < 4.78 is 5.38. The second kappa shape index (κ2) is 8.56. The van der Waals surface area contributed by atoms with Crippen LogP contribution in [0.5, 0.6) is 0 Å². The van der Waals surface area contributed by atoms with E-state index in [0.717, 1.165) is 4.90 Å². The van der Waals surface area contributed by atoms with E-state index in [2.05, 4.69) is 4.98 Å². The summed E-state index contributed by atoms with van der Waals surface area (Å²) in [4.78, 5) is 44.8. The van der Waals surface area contributed by atoms with Crippen molar-refractivity contribution in [3.63, 3.8) is 0 Å². The molecule has 0 saturated carbocycles.